The maximum Gasteiger partial charge on any atom is 0.314 e. The number of hydrogen-bond acceptors (Lipinski definition) is 3. The van der Waals surface area contributed by atoms with E-state index in [0.717, 1.165) is 6.07 Å². The van der Waals surface area contributed by atoms with Crippen LogP contribution in [0.5, 0.6) is 0 Å². The fraction of sp³-hybridized carbons (Fsp3) is 0. The molecule has 2 rings (SSSR count). The zero-order chi connectivity index (χ0) is 10.3. The van der Waals surface area contributed by atoms with Crippen LogP contribution in [0.1, 0.15) is 0 Å². The number of rotatable bonds is 0. The van der Waals surface area contributed by atoms with Crippen LogP contribution in [0.25, 0.3) is 11.0 Å². The van der Waals surface area contributed by atoms with Gasteiger partial charge in [-0.05, 0) is 0 Å². The number of nitrogens with one attached hydrogen (secondary N) is 2. The van der Waals surface area contributed by atoms with Crippen molar-refractivity contribution in [3.63, 3.8) is 0 Å². The predicted molar refractivity (Wildman–Crippen MR) is 42.9 cm³/mol. The van der Waals surface area contributed by atoms with Gasteiger partial charge in [-0.2, -0.15) is 13.8 Å². The highest BCUT2D eigenvalue weighted by Gasteiger charge is 2.07. The Labute approximate surface area is 74.4 Å². The van der Waals surface area contributed by atoms with Crippen molar-refractivity contribution in [3.05, 3.63) is 38.7 Å². The highest BCUT2D eigenvalue weighted by atomic mass is 19.1. The average Bonchev–Trinajstić information content (AvgIpc) is 2.08. The van der Waals surface area contributed by atoms with E-state index in [1.165, 1.54) is 0 Å². The normalized spacial score (nSPS) is 10.7. The van der Waals surface area contributed by atoms with E-state index in [0.29, 0.717) is 0 Å². The number of nitrogens with zero attached hydrogens (tertiary/aromatic N) is 1. The van der Waals surface area contributed by atoms with Crippen molar-refractivity contribution in [2.45, 2.75) is 0 Å². The van der Waals surface area contributed by atoms with E-state index in [2.05, 4.69) is 4.98 Å². The molecule has 0 aliphatic heterocycles. The summed E-state index contributed by atoms with van der Waals surface area (Å²) < 4.78 is 25.5. The Balaban J connectivity index is 3.03. The SMILES string of the molecule is O=c1[nH]c2cc(F)nc(F)c2[nH]c1=O. The predicted octanol–water partition coefficient (Wildman–Crippen LogP) is -0.110. The lowest BCUT2D eigenvalue weighted by Crippen LogP contribution is -2.29. The summed E-state index contributed by atoms with van der Waals surface area (Å²) in [5.74, 6) is -2.24. The van der Waals surface area contributed by atoms with E-state index in [9.17, 15) is 18.4 Å². The number of H-pyrrole nitrogens is 2. The molecule has 0 aliphatic carbocycles. The lowest BCUT2D eigenvalue weighted by molar-refractivity contribution is 0.519. The Hall–Kier alpha value is -2.05. The molecule has 5 nitrogen and oxygen atoms in total. The highest BCUT2D eigenvalue weighted by molar-refractivity contribution is 5.72. The van der Waals surface area contributed by atoms with Gasteiger partial charge in [-0.25, -0.2) is 0 Å². The largest absolute Gasteiger partial charge is 0.316 e. The van der Waals surface area contributed by atoms with Gasteiger partial charge in [0.1, 0.15) is 5.52 Å². The summed E-state index contributed by atoms with van der Waals surface area (Å²) in [5.41, 5.74) is -2.44. The maximum atomic E-state index is 12.9. The van der Waals surface area contributed by atoms with E-state index < -0.39 is 23.0 Å². The number of aromatic amines is 2. The lowest BCUT2D eigenvalue weighted by atomic mass is 10.4. The number of pyridine rings is 1. The van der Waals surface area contributed by atoms with Gasteiger partial charge in [-0.15, -0.1) is 0 Å². The topological polar surface area (TPSA) is 78.6 Å². The molecule has 0 spiro atoms. The number of fused-ring (bicyclic) bond motifs is 1. The number of hydrogen-bond donors (Lipinski definition) is 2. The van der Waals surface area contributed by atoms with Crippen LogP contribution in [-0.2, 0) is 0 Å². The van der Waals surface area contributed by atoms with Gasteiger partial charge in [0.25, 0.3) is 0 Å². The minimum absolute atomic E-state index is 0.139. The summed E-state index contributed by atoms with van der Waals surface area (Å²) in [4.78, 5) is 28.4. The number of halogens is 2. The van der Waals surface area contributed by atoms with E-state index in [-0.39, 0.29) is 11.0 Å². The van der Waals surface area contributed by atoms with Crippen LogP contribution >= 0.6 is 0 Å². The van der Waals surface area contributed by atoms with Gasteiger partial charge < -0.3 is 9.97 Å². The molecule has 2 aromatic rings. The summed E-state index contributed by atoms with van der Waals surface area (Å²) in [7, 11) is 0. The molecule has 72 valence electrons. The summed E-state index contributed by atoms with van der Waals surface area (Å²) >= 11 is 0. The van der Waals surface area contributed by atoms with Crippen molar-refractivity contribution >= 4 is 11.0 Å². The van der Waals surface area contributed by atoms with Crippen molar-refractivity contribution in [1.29, 1.82) is 0 Å². The van der Waals surface area contributed by atoms with Crippen LogP contribution in [0.15, 0.2) is 15.7 Å². The molecule has 14 heavy (non-hydrogen) atoms. The molecule has 2 heterocycles. The fourth-order valence-electron chi connectivity index (χ4n) is 1.05. The molecule has 7 heteroatoms. The smallest absolute Gasteiger partial charge is 0.314 e. The fourth-order valence-corrected chi connectivity index (χ4v) is 1.05. The molecule has 0 atom stereocenters. The Bertz CT molecular complexity index is 616. The molecular formula is C7H3F2N3O2. The summed E-state index contributed by atoms with van der Waals surface area (Å²) in [6.45, 7) is 0. The van der Waals surface area contributed by atoms with Crippen LogP contribution < -0.4 is 11.1 Å². The van der Waals surface area contributed by atoms with Gasteiger partial charge in [0, 0.05) is 6.07 Å². The van der Waals surface area contributed by atoms with Crippen molar-refractivity contribution in [2.75, 3.05) is 0 Å². The lowest BCUT2D eigenvalue weighted by Gasteiger charge is -1.97. The molecule has 0 radical (unpaired) electrons. The first kappa shape index (κ1) is 8.54. The van der Waals surface area contributed by atoms with Crippen molar-refractivity contribution < 1.29 is 8.78 Å². The molecule has 2 aromatic heterocycles. The Morgan fingerprint density at radius 3 is 2.50 bits per heavy atom. The molecule has 0 aromatic carbocycles. The first-order valence-electron chi connectivity index (χ1n) is 3.56. The summed E-state index contributed by atoms with van der Waals surface area (Å²) in [6, 6.07) is 0.815. The molecule has 2 N–H and O–H groups in total. The third-order valence-corrected chi connectivity index (χ3v) is 1.64. The van der Waals surface area contributed by atoms with Crippen LogP contribution in [0, 0.1) is 11.9 Å². The molecule has 0 saturated heterocycles. The minimum atomic E-state index is -1.17. The van der Waals surface area contributed by atoms with Crippen molar-refractivity contribution in [1.82, 2.24) is 15.0 Å². The second kappa shape index (κ2) is 2.72. The van der Waals surface area contributed by atoms with Crippen molar-refractivity contribution in [2.24, 2.45) is 0 Å². The zero-order valence-corrected chi connectivity index (χ0v) is 6.60. The third kappa shape index (κ3) is 1.18. The van der Waals surface area contributed by atoms with Crippen LogP contribution in [0.3, 0.4) is 0 Å². The second-order valence-electron chi connectivity index (χ2n) is 2.57. The third-order valence-electron chi connectivity index (χ3n) is 1.64. The monoisotopic (exact) mass is 199 g/mol. The molecule has 0 aliphatic rings. The average molecular weight is 199 g/mol. The molecular weight excluding hydrogens is 196 g/mol. The second-order valence-corrected chi connectivity index (χ2v) is 2.57. The quantitative estimate of drug-likeness (QED) is 0.459. The van der Waals surface area contributed by atoms with Gasteiger partial charge in [-0.3, -0.25) is 9.59 Å². The molecule has 0 fully saturated rings. The van der Waals surface area contributed by atoms with Crippen LogP contribution in [-0.4, -0.2) is 15.0 Å². The van der Waals surface area contributed by atoms with Gasteiger partial charge in [-0.1, -0.05) is 0 Å². The number of aromatic nitrogens is 3. The van der Waals surface area contributed by atoms with E-state index in [1.54, 1.807) is 0 Å². The zero-order valence-electron chi connectivity index (χ0n) is 6.60. The maximum absolute atomic E-state index is 12.9. The molecule has 0 amide bonds. The van der Waals surface area contributed by atoms with Gasteiger partial charge in [0.2, 0.25) is 11.9 Å². The van der Waals surface area contributed by atoms with Gasteiger partial charge >= 0.3 is 11.1 Å². The first-order chi connectivity index (χ1) is 6.58. The van der Waals surface area contributed by atoms with E-state index in [1.807, 2.05) is 9.97 Å². The molecule has 0 bridgehead atoms. The minimum Gasteiger partial charge on any atom is -0.316 e. The van der Waals surface area contributed by atoms with Crippen LogP contribution in [0.2, 0.25) is 0 Å². The Morgan fingerprint density at radius 1 is 1.14 bits per heavy atom. The summed E-state index contributed by atoms with van der Waals surface area (Å²) in [6.07, 6.45) is 0. The first-order valence-corrected chi connectivity index (χ1v) is 3.56. The summed E-state index contributed by atoms with van der Waals surface area (Å²) in [5, 5.41) is 0. The molecule has 0 unspecified atom stereocenters. The highest BCUT2D eigenvalue weighted by Crippen LogP contribution is 2.08. The van der Waals surface area contributed by atoms with Crippen LogP contribution in [0.4, 0.5) is 8.78 Å². The molecule has 0 saturated carbocycles. The standard InChI is InChI=1S/C7H3F2N3O2/c8-3-1-2-4(5(9)11-3)12-7(14)6(13)10-2/h1H,(H,10,13)(H,12,14). The van der Waals surface area contributed by atoms with Gasteiger partial charge in [0.15, 0.2) is 0 Å². The van der Waals surface area contributed by atoms with Gasteiger partial charge in [0.05, 0.1) is 5.52 Å². The Kier molecular flexibility index (Phi) is 1.66. The van der Waals surface area contributed by atoms with E-state index in [4.69, 9.17) is 0 Å². The van der Waals surface area contributed by atoms with Crippen molar-refractivity contribution in [3.8, 4) is 0 Å². The Morgan fingerprint density at radius 2 is 1.79 bits per heavy atom. The van der Waals surface area contributed by atoms with E-state index >= 15 is 0 Å².